The van der Waals surface area contributed by atoms with Crippen LogP contribution >= 0.6 is 0 Å². The Kier molecular flexibility index (Phi) is 6.23. The Hall–Kier alpha value is -0.860. The topological polar surface area (TPSA) is 29.3 Å². The van der Waals surface area contributed by atoms with Crippen molar-refractivity contribution >= 4 is 0 Å². The van der Waals surface area contributed by atoms with Crippen molar-refractivity contribution in [2.45, 2.75) is 39.7 Å². The highest BCUT2D eigenvalue weighted by Crippen LogP contribution is 2.15. The zero-order valence-electron chi connectivity index (χ0n) is 11.4. The van der Waals surface area contributed by atoms with Gasteiger partial charge in [0.25, 0.3) is 0 Å². The average Bonchev–Trinajstić information content (AvgIpc) is 2.38. The molecule has 0 aromatic heterocycles. The molecule has 1 atom stereocenters. The molecular formula is C15H26N2. The Balaban J connectivity index is 2.61. The second-order valence-corrected chi connectivity index (χ2v) is 4.75. The molecule has 0 saturated carbocycles. The van der Waals surface area contributed by atoms with Crippen molar-refractivity contribution in [3.05, 3.63) is 35.4 Å². The molecular weight excluding hydrogens is 208 g/mol. The molecule has 0 radical (unpaired) electrons. The summed E-state index contributed by atoms with van der Waals surface area (Å²) in [5.41, 5.74) is 8.41. The first-order chi connectivity index (χ1) is 8.21. The zero-order valence-corrected chi connectivity index (χ0v) is 11.4. The van der Waals surface area contributed by atoms with Crippen molar-refractivity contribution in [3.63, 3.8) is 0 Å². The zero-order chi connectivity index (χ0) is 12.7. The van der Waals surface area contributed by atoms with Crippen LogP contribution in [0.15, 0.2) is 24.3 Å². The second kappa shape index (κ2) is 7.46. The van der Waals surface area contributed by atoms with Crippen LogP contribution in [0.3, 0.4) is 0 Å². The summed E-state index contributed by atoms with van der Waals surface area (Å²) >= 11 is 0. The van der Waals surface area contributed by atoms with Crippen LogP contribution in [0, 0.1) is 0 Å². The minimum absolute atomic E-state index is 0.460. The van der Waals surface area contributed by atoms with E-state index >= 15 is 0 Å². The standard InChI is InChI=1S/C15H26N2/c1-4-10-17(5-2)12-14-6-8-15(9-7-14)13(3)11-16/h6-9,13H,4-5,10-12,16H2,1-3H3. The average molecular weight is 234 g/mol. The maximum absolute atomic E-state index is 5.68. The lowest BCUT2D eigenvalue weighted by atomic mass is 10.00. The number of hydrogen-bond donors (Lipinski definition) is 1. The van der Waals surface area contributed by atoms with E-state index in [0.717, 1.165) is 19.6 Å². The van der Waals surface area contributed by atoms with E-state index in [2.05, 4.69) is 49.9 Å². The van der Waals surface area contributed by atoms with Crippen molar-refractivity contribution in [1.82, 2.24) is 4.90 Å². The summed E-state index contributed by atoms with van der Waals surface area (Å²) in [4.78, 5) is 2.47. The fourth-order valence-electron chi connectivity index (χ4n) is 2.01. The lowest BCUT2D eigenvalue weighted by molar-refractivity contribution is 0.280. The van der Waals surface area contributed by atoms with Crippen molar-refractivity contribution in [3.8, 4) is 0 Å². The van der Waals surface area contributed by atoms with Crippen LogP contribution in [-0.4, -0.2) is 24.5 Å². The largest absolute Gasteiger partial charge is 0.330 e. The van der Waals surface area contributed by atoms with E-state index in [9.17, 15) is 0 Å². The quantitative estimate of drug-likeness (QED) is 0.786. The van der Waals surface area contributed by atoms with E-state index < -0.39 is 0 Å². The van der Waals surface area contributed by atoms with Gasteiger partial charge in [0.05, 0.1) is 0 Å². The minimum atomic E-state index is 0.460. The van der Waals surface area contributed by atoms with Crippen molar-refractivity contribution in [2.24, 2.45) is 5.73 Å². The Morgan fingerprint density at radius 2 is 1.82 bits per heavy atom. The normalized spacial score (nSPS) is 13.0. The SMILES string of the molecule is CCCN(CC)Cc1ccc(C(C)CN)cc1. The lowest BCUT2D eigenvalue weighted by Gasteiger charge is -2.20. The highest BCUT2D eigenvalue weighted by atomic mass is 15.1. The Bertz CT molecular complexity index is 305. The van der Waals surface area contributed by atoms with Gasteiger partial charge in [0, 0.05) is 6.54 Å². The van der Waals surface area contributed by atoms with Crippen LogP contribution in [0.4, 0.5) is 0 Å². The molecule has 0 aliphatic rings. The molecule has 2 N–H and O–H groups in total. The first-order valence-corrected chi connectivity index (χ1v) is 6.72. The van der Waals surface area contributed by atoms with Gasteiger partial charge in [-0.1, -0.05) is 45.0 Å². The third kappa shape index (κ3) is 4.49. The highest BCUT2D eigenvalue weighted by Gasteiger charge is 2.05. The third-order valence-electron chi connectivity index (χ3n) is 3.30. The van der Waals surface area contributed by atoms with Crippen LogP contribution in [0.5, 0.6) is 0 Å². The van der Waals surface area contributed by atoms with Gasteiger partial charge in [-0.15, -0.1) is 0 Å². The summed E-state index contributed by atoms with van der Waals surface area (Å²) < 4.78 is 0. The lowest BCUT2D eigenvalue weighted by Crippen LogP contribution is -2.23. The highest BCUT2D eigenvalue weighted by molar-refractivity contribution is 5.25. The Labute approximate surface area is 106 Å². The Morgan fingerprint density at radius 1 is 1.18 bits per heavy atom. The van der Waals surface area contributed by atoms with Gasteiger partial charge in [0.1, 0.15) is 0 Å². The summed E-state index contributed by atoms with van der Waals surface area (Å²) in [6.45, 7) is 10.7. The van der Waals surface area contributed by atoms with Crippen molar-refractivity contribution < 1.29 is 0 Å². The fourth-order valence-corrected chi connectivity index (χ4v) is 2.01. The first-order valence-electron chi connectivity index (χ1n) is 6.72. The maximum atomic E-state index is 5.68. The van der Waals surface area contributed by atoms with Gasteiger partial charge < -0.3 is 5.73 Å². The molecule has 1 aromatic carbocycles. The molecule has 0 spiro atoms. The molecule has 1 aromatic rings. The van der Waals surface area contributed by atoms with E-state index in [-0.39, 0.29) is 0 Å². The van der Waals surface area contributed by atoms with Gasteiger partial charge in [-0.2, -0.15) is 0 Å². The van der Waals surface area contributed by atoms with Gasteiger partial charge in [0.2, 0.25) is 0 Å². The predicted molar refractivity (Wildman–Crippen MR) is 75.2 cm³/mol. The molecule has 0 aliphatic carbocycles. The van der Waals surface area contributed by atoms with Gasteiger partial charge in [0.15, 0.2) is 0 Å². The van der Waals surface area contributed by atoms with Gasteiger partial charge in [-0.3, -0.25) is 4.90 Å². The van der Waals surface area contributed by atoms with Crippen molar-refractivity contribution in [2.75, 3.05) is 19.6 Å². The molecule has 1 unspecified atom stereocenters. The number of hydrogen-bond acceptors (Lipinski definition) is 2. The fraction of sp³-hybridized carbons (Fsp3) is 0.600. The number of nitrogens with zero attached hydrogens (tertiary/aromatic N) is 1. The summed E-state index contributed by atoms with van der Waals surface area (Å²) in [7, 11) is 0. The van der Waals surface area contributed by atoms with E-state index in [0.29, 0.717) is 5.92 Å². The molecule has 0 heterocycles. The Morgan fingerprint density at radius 3 is 2.29 bits per heavy atom. The van der Waals surface area contributed by atoms with Crippen molar-refractivity contribution in [1.29, 1.82) is 0 Å². The number of rotatable bonds is 7. The van der Waals surface area contributed by atoms with Crippen LogP contribution < -0.4 is 5.73 Å². The minimum Gasteiger partial charge on any atom is -0.330 e. The first kappa shape index (κ1) is 14.2. The van der Waals surface area contributed by atoms with Crippen LogP contribution in [-0.2, 0) is 6.54 Å². The smallest absolute Gasteiger partial charge is 0.0233 e. The van der Waals surface area contributed by atoms with Gasteiger partial charge in [-0.25, -0.2) is 0 Å². The summed E-state index contributed by atoms with van der Waals surface area (Å²) in [6, 6.07) is 8.90. The number of nitrogens with two attached hydrogens (primary N) is 1. The third-order valence-corrected chi connectivity index (χ3v) is 3.30. The van der Waals surface area contributed by atoms with Crippen LogP contribution in [0.25, 0.3) is 0 Å². The molecule has 0 amide bonds. The van der Waals surface area contributed by atoms with E-state index in [1.807, 2.05) is 0 Å². The molecule has 0 fully saturated rings. The monoisotopic (exact) mass is 234 g/mol. The maximum Gasteiger partial charge on any atom is 0.0233 e. The number of benzene rings is 1. The molecule has 0 bridgehead atoms. The molecule has 0 saturated heterocycles. The molecule has 17 heavy (non-hydrogen) atoms. The molecule has 2 nitrogen and oxygen atoms in total. The summed E-state index contributed by atoms with van der Waals surface area (Å²) in [5.74, 6) is 0.460. The predicted octanol–water partition coefficient (Wildman–Crippen LogP) is 2.98. The summed E-state index contributed by atoms with van der Waals surface area (Å²) in [6.07, 6.45) is 1.22. The van der Waals surface area contributed by atoms with Crippen LogP contribution in [0.1, 0.15) is 44.2 Å². The molecule has 0 aliphatic heterocycles. The summed E-state index contributed by atoms with van der Waals surface area (Å²) in [5, 5.41) is 0. The second-order valence-electron chi connectivity index (χ2n) is 4.75. The van der Waals surface area contributed by atoms with E-state index in [1.54, 1.807) is 0 Å². The van der Waals surface area contributed by atoms with Crippen LogP contribution in [0.2, 0.25) is 0 Å². The van der Waals surface area contributed by atoms with Gasteiger partial charge in [-0.05, 0) is 43.1 Å². The van der Waals surface area contributed by atoms with Gasteiger partial charge >= 0.3 is 0 Å². The molecule has 1 rings (SSSR count). The molecule has 96 valence electrons. The molecule has 2 heteroatoms. The van der Waals surface area contributed by atoms with E-state index in [1.165, 1.54) is 24.1 Å². The van der Waals surface area contributed by atoms with E-state index in [4.69, 9.17) is 5.73 Å².